The van der Waals surface area contributed by atoms with Crippen LogP contribution in [0.5, 0.6) is 0 Å². The van der Waals surface area contributed by atoms with Crippen molar-refractivity contribution in [1.29, 1.82) is 0 Å². The summed E-state index contributed by atoms with van der Waals surface area (Å²) in [7, 11) is 0. The average molecular weight is 309 g/mol. The van der Waals surface area contributed by atoms with Gasteiger partial charge in [-0.2, -0.15) is 9.62 Å². The van der Waals surface area contributed by atoms with E-state index < -0.39 is 0 Å². The Kier molecular flexibility index (Phi) is 4.46. The number of nitrogens with zero attached hydrogens (tertiary/aromatic N) is 6. The van der Waals surface area contributed by atoms with E-state index in [1.54, 1.807) is 17.1 Å². The van der Waals surface area contributed by atoms with Crippen molar-refractivity contribution in [3.05, 3.63) is 48.3 Å². The highest BCUT2D eigenvalue weighted by Crippen LogP contribution is 2.14. The first kappa shape index (κ1) is 15.0. The van der Waals surface area contributed by atoms with Crippen LogP contribution in [-0.2, 0) is 0 Å². The molecule has 0 bridgehead atoms. The normalized spacial score (nSPS) is 11.2. The summed E-state index contributed by atoms with van der Waals surface area (Å²) in [6.07, 6.45) is 3.32. The van der Waals surface area contributed by atoms with Crippen LogP contribution in [0.15, 0.2) is 47.8 Å². The van der Waals surface area contributed by atoms with Gasteiger partial charge in [-0.1, -0.05) is 12.1 Å². The predicted octanol–water partition coefficient (Wildman–Crippen LogP) is 2.42. The molecule has 1 aromatic carbocycles. The monoisotopic (exact) mass is 309 g/mol. The molecule has 0 saturated heterocycles. The van der Waals surface area contributed by atoms with E-state index in [0.717, 1.165) is 18.7 Å². The summed E-state index contributed by atoms with van der Waals surface area (Å²) in [4.78, 5) is 2.30. The van der Waals surface area contributed by atoms with Crippen LogP contribution in [-0.4, -0.2) is 39.1 Å². The Balaban J connectivity index is 1.65. The lowest BCUT2D eigenvalue weighted by atomic mass is 10.2. The third-order valence-corrected chi connectivity index (χ3v) is 3.58. The van der Waals surface area contributed by atoms with Gasteiger partial charge in [-0.15, -0.1) is 15.3 Å². The summed E-state index contributed by atoms with van der Waals surface area (Å²) in [5.74, 6) is 0.633. The van der Waals surface area contributed by atoms with E-state index in [-0.39, 0.29) is 0 Å². The molecular formula is C16H19N7. The average Bonchev–Trinajstić information content (AvgIpc) is 3.05. The summed E-state index contributed by atoms with van der Waals surface area (Å²) in [6, 6.07) is 12.0. The van der Waals surface area contributed by atoms with Crippen molar-refractivity contribution in [2.45, 2.75) is 13.8 Å². The molecule has 0 atom stereocenters. The van der Waals surface area contributed by atoms with Crippen LogP contribution < -0.4 is 10.3 Å². The Morgan fingerprint density at radius 1 is 1.13 bits per heavy atom. The van der Waals surface area contributed by atoms with Crippen molar-refractivity contribution in [2.24, 2.45) is 5.10 Å². The fourth-order valence-electron chi connectivity index (χ4n) is 2.32. The van der Waals surface area contributed by atoms with Crippen LogP contribution in [0, 0.1) is 0 Å². The van der Waals surface area contributed by atoms with Crippen molar-refractivity contribution in [1.82, 2.24) is 19.8 Å². The summed E-state index contributed by atoms with van der Waals surface area (Å²) in [5, 5.41) is 16.2. The molecule has 0 amide bonds. The number of hydrogen-bond donors (Lipinski definition) is 1. The topological polar surface area (TPSA) is 70.7 Å². The van der Waals surface area contributed by atoms with Crippen molar-refractivity contribution in [2.75, 3.05) is 23.4 Å². The molecule has 0 fully saturated rings. The molecule has 0 spiro atoms. The predicted molar refractivity (Wildman–Crippen MR) is 92.0 cm³/mol. The third kappa shape index (κ3) is 3.45. The van der Waals surface area contributed by atoms with Crippen LogP contribution in [0.4, 0.5) is 11.5 Å². The van der Waals surface area contributed by atoms with Gasteiger partial charge < -0.3 is 4.90 Å². The molecule has 7 nitrogen and oxygen atoms in total. The largest absolute Gasteiger partial charge is 0.372 e. The molecule has 23 heavy (non-hydrogen) atoms. The Morgan fingerprint density at radius 3 is 2.65 bits per heavy atom. The minimum Gasteiger partial charge on any atom is -0.372 e. The van der Waals surface area contributed by atoms with Gasteiger partial charge in [-0.25, -0.2) is 0 Å². The maximum absolute atomic E-state index is 4.29. The minimum atomic E-state index is 0.633. The van der Waals surface area contributed by atoms with E-state index >= 15 is 0 Å². The Hall–Kier alpha value is -2.96. The van der Waals surface area contributed by atoms with E-state index in [0.29, 0.717) is 11.5 Å². The lowest BCUT2D eigenvalue weighted by Crippen LogP contribution is -2.21. The molecular weight excluding hydrogens is 290 g/mol. The summed E-state index contributed by atoms with van der Waals surface area (Å²) < 4.78 is 1.59. The number of hydrogen-bond acceptors (Lipinski definition) is 6. The van der Waals surface area contributed by atoms with E-state index in [9.17, 15) is 0 Å². The number of anilines is 2. The highest BCUT2D eigenvalue weighted by atomic mass is 15.4. The van der Waals surface area contributed by atoms with Crippen LogP contribution in [0.2, 0.25) is 0 Å². The lowest BCUT2D eigenvalue weighted by Gasteiger charge is -2.20. The Bertz CT molecular complexity index is 788. The van der Waals surface area contributed by atoms with Crippen LogP contribution in [0.25, 0.3) is 5.65 Å². The second-order valence-electron chi connectivity index (χ2n) is 4.99. The number of benzene rings is 1. The van der Waals surface area contributed by atoms with Gasteiger partial charge in [0.15, 0.2) is 11.5 Å². The zero-order valence-electron chi connectivity index (χ0n) is 13.2. The number of hydrazone groups is 1. The number of nitrogens with one attached hydrogen (secondary N) is 1. The summed E-state index contributed by atoms with van der Waals surface area (Å²) >= 11 is 0. The van der Waals surface area contributed by atoms with E-state index in [4.69, 9.17) is 0 Å². The zero-order valence-corrected chi connectivity index (χ0v) is 13.2. The van der Waals surface area contributed by atoms with Gasteiger partial charge in [0, 0.05) is 18.8 Å². The van der Waals surface area contributed by atoms with Crippen molar-refractivity contribution >= 4 is 23.4 Å². The molecule has 7 heteroatoms. The minimum absolute atomic E-state index is 0.633. The first-order chi connectivity index (χ1) is 11.3. The zero-order chi connectivity index (χ0) is 16.1. The van der Waals surface area contributed by atoms with Gasteiger partial charge >= 0.3 is 0 Å². The SMILES string of the molecule is CCN(CC)c1ccc(/C=N\Nc2ccc3nncn3n2)cc1. The molecule has 0 unspecified atom stereocenters. The second-order valence-corrected chi connectivity index (χ2v) is 4.99. The smallest absolute Gasteiger partial charge is 0.177 e. The highest BCUT2D eigenvalue weighted by Gasteiger charge is 2.00. The van der Waals surface area contributed by atoms with E-state index in [1.807, 2.05) is 12.1 Å². The Labute approximate surface area is 134 Å². The molecule has 0 radical (unpaired) electrons. The highest BCUT2D eigenvalue weighted by molar-refractivity contribution is 5.80. The van der Waals surface area contributed by atoms with Gasteiger partial charge in [0.2, 0.25) is 0 Å². The van der Waals surface area contributed by atoms with Crippen LogP contribution in [0.1, 0.15) is 19.4 Å². The van der Waals surface area contributed by atoms with Gasteiger partial charge in [-0.3, -0.25) is 5.43 Å². The molecule has 2 aromatic heterocycles. The van der Waals surface area contributed by atoms with Crippen LogP contribution in [0.3, 0.4) is 0 Å². The fraction of sp³-hybridized carbons (Fsp3) is 0.250. The number of rotatable bonds is 6. The van der Waals surface area contributed by atoms with Gasteiger partial charge in [0.05, 0.1) is 6.21 Å². The maximum Gasteiger partial charge on any atom is 0.177 e. The lowest BCUT2D eigenvalue weighted by molar-refractivity contribution is 0.866. The fourth-order valence-corrected chi connectivity index (χ4v) is 2.32. The molecule has 0 aliphatic rings. The summed E-state index contributed by atoms with van der Waals surface area (Å²) in [6.45, 7) is 6.32. The molecule has 1 N–H and O–H groups in total. The maximum atomic E-state index is 4.29. The first-order valence-electron chi connectivity index (χ1n) is 7.61. The Morgan fingerprint density at radius 2 is 1.91 bits per heavy atom. The molecule has 3 rings (SSSR count). The van der Waals surface area contributed by atoms with Crippen LogP contribution >= 0.6 is 0 Å². The van der Waals surface area contributed by atoms with Crippen molar-refractivity contribution in [3.8, 4) is 0 Å². The third-order valence-electron chi connectivity index (χ3n) is 3.58. The molecule has 3 aromatic rings. The number of aromatic nitrogens is 4. The van der Waals surface area contributed by atoms with E-state index in [1.165, 1.54) is 5.69 Å². The van der Waals surface area contributed by atoms with E-state index in [2.05, 4.69) is 68.8 Å². The molecule has 0 aliphatic heterocycles. The van der Waals surface area contributed by atoms with Gasteiger partial charge in [0.1, 0.15) is 6.33 Å². The molecule has 2 heterocycles. The second kappa shape index (κ2) is 6.87. The summed E-state index contributed by atoms with van der Waals surface area (Å²) in [5.41, 5.74) is 5.86. The molecule has 0 aliphatic carbocycles. The van der Waals surface area contributed by atoms with Gasteiger partial charge in [-0.05, 0) is 43.7 Å². The molecule has 0 saturated carbocycles. The number of fused-ring (bicyclic) bond motifs is 1. The quantitative estimate of drug-likeness (QED) is 0.559. The van der Waals surface area contributed by atoms with Crippen molar-refractivity contribution < 1.29 is 0 Å². The van der Waals surface area contributed by atoms with Crippen molar-refractivity contribution in [3.63, 3.8) is 0 Å². The van der Waals surface area contributed by atoms with Gasteiger partial charge in [0.25, 0.3) is 0 Å². The standard InChI is InChI=1S/C16H19N7/c1-3-22(4-2)14-7-5-13(6-8-14)11-17-19-15-9-10-16-20-18-12-23(16)21-15/h5-12H,3-4H2,1-2H3,(H,19,21)/b17-11-. The first-order valence-corrected chi connectivity index (χ1v) is 7.61. The molecule has 118 valence electrons.